The quantitative estimate of drug-likeness (QED) is 0.571. The van der Waals surface area contributed by atoms with Crippen LogP contribution in [0.5, 0.6) is 11.5 Å². The molecule has 0 atom stereocenters. The number of amides is 1. The third kappa shape index (κ3) is 3.21. The third-order valence-electron chi connectivity index (χ3n) is 2.88. The molecule has 0 aliphatic heterocycles. The number of aromatic nitrogens is 1. The fraction of sp³-hybridized carbons (Fsp3) is 0.143. The average Bonchev–Trinajstić information content (AvgIpc) is 2.54. The minimum Gasteiger partial charge on any atom is -0.497 e. The summed E-state index contributed by atoms with van der Waals surface area (Å²) in [6.07, 6.45) is 2.97. The number of hydrogen-bond acceptors (Lipinski definition) is 6. The molecule has 0 saturated heterocycles. The van der Waals surface area contributed by atoms with E-state index in [0.717, 1.165) is 0 Å². The molecular weight excluding hydrogens is 272 g/mol. The Hall–Kier alpha value is -2.80. The molecule has 1 aromatic carbocycles. The van der Waals surface area contributed by atoms with Crippen molar-refractivity contribution in [2.24, 2.45) is 5.84 Å². The summed E-state index contributed by atoms with van der Waals surface area (Å²) < 4.78 is 10.3. The number of hydrogen-bond donors (Lipinski definition) is 3. The van der Waals surface area contributed by atoms with E-state index in [1.165, 1.54) is 19.5 Å². The highest BCUT2D eigenvalue weighted by Crippen LogP contribution is 2.29. The summed E-state index contributed by atoms with van der Waals surface area (Å²) in [5.74, 6) is 6.15. The molecule has 21 heavy (non-hydrogen) atoms. The lowest BCUT2D eigenvalue weighted by molar-refractivity contribution is 0.102. The lowest BCUT2D eigenvalue weighted by Crippen LogP contribution is -2.17. The van der Waals surface area contributed by atoms with Crippen LogP contribution < -0.4 is 26.1 Å². The minimum absolute atomic E-state index is 0.324. The van der Waals surface area contributed by atoms with Gasteiger partial charge in [0.25, 0.3) is 5.91 Å². The van der Waals surface area contributed by atoms with Gasteiger partial charge in [-0.05, 0) is 18.2 Å². The number of ether oxygens (including phenoxy) is 2. The van der Waals surface area contributed by atoms with Gasteiger partial charge in [0.05, 0.1) is 31.2 Å². The summed E-state index contributed by atoms with van der Waals surface area (Å²) in [5, 5.41) is 2.75. The average molecular weight is 288 g/mol. The van der Waals surface area contributed by atoms with Gasteiger partial charge in [-0.3, -0.25) is 15.6 Å². The summed E-state index contributed by atoms with van der Waals surface area (Å²) >= 11 is 0. The number of benzene rings is 1. The standard InChI is InChI=1S/C14H16N4O3/c1-20-9-3-4-13(21-2)12(7-9)17-14(19)10-8-16-6-5-11(10)18-15/h3-8H,15H2,1-2H3,(H,16,18)(H,17,19). The van der Waals surface area contributed by atoms with Crippen molar-refractivity contribution in [3.8, 4) is 11.5 Å². The Morgan fingerprint density at radius 2 is 2.00 bits per heavy atom. The predicted molar refractivity (Wildman–Crippen MR) is 79.5 cm³/mol. The Balaban J connectivity index is 2.30. The van der Waals surface area contributed by atoms with Crippen molar-refractivity contribution in [1.29, 1.82) is 0 Å². The van der Waals surface area contributed by atoms with E-state index in [-0.39, 0.29) is 5.91 Å². The predicted octanol–water partition coefficient (Wildman–Crippen LogP) is 1.64. The number of nitrogen functional groups attached to an aromatic ring is 1. The summed E-state index contributed by atoms with van der Waals surface area (Å²) in [7, 11) is 3.07. The lowest BCUT2D eigenvalue weighted by atomic mass is 10.2. The van der Waals surface area contributed by atoms with E-state index in [9.17, 15) is 4.79 Å². The molecule has 0 fully saturated rings. The van der Waals surface area contributed by atoms with Gasteiger partial charge in [0, 0.05) is 18.5 Å². The van der Waals surface area contributed by atoms with Crippen LogP contribution in [0.25, 0.3) is 0 Å². The van der Waals surface area contributed by atoms with Crippen LogP contribution in [0.4, 0.5) is 11.4 Å². The van der Waals surface area contributed by atoms with E-state index in [1.54, 1.807) is 31.4 Å². The number of carbonyl (C=O) groups excluding carboxylic acids is 1. The maximum absolute atomic E-state index is 12.3. The molecule has 2 rings (SSSR count). The highest BCUT2D eigenvalue weighted by molar-refractivity contribution is 6.08. The van der Waals surface area contributed by atoms with Gasteiger partial charge in [0.1, 0.15) is 11.5 Å². The zero-order valence-electron chi connectivity index (χ0n) is 11.7. The number of anilines is 2. The topological polar surface area (TPSA) is 98.5 Å². The lowest BCUT2D eigenvalue weighted by Gasteiger charge is -2.13. The van der Waals surface area contributed by atoms with Gasteiger partial charge in [-0.15, -0.1) is 0 Å². The summed E-state index contributed by atoms with van der Waals surface area (Å²) in [6.45, 7) is 0. The Morgan fingerprint density at radius 3 is 2.67 bits per heavy atom. The first-order valence-electron chi connectivity index (χ1n) is 6.13. The molecule has 1 heterocycles. The maximum Gasteiger partial charge on any atom is 0.259 e. The molecular formula is C14H16N4O3. The zero-order chi connectivity index (χ0) is 15.2. The van der Waals surface area contributed by atoms with Crippen LogP contribution in [0.1, 0.15) is 10.4 Å². The Kier molecular flexibility index (Phi) is 4.57. The normalized spacial score (nSPS) is 9.86. The van der Waals surface area contributed by atoms with Crippen LogP contribution in [0.2, 0.25) is 0 Å². The number of carbonyl (C=O) groups is 1. The second kappa shape index (κ2) is 6.58. The van der Waals surface area contributed by atoms with E-state index in [1.807, 2.05) is 0 Å². The van der Waals surface area contributed by atoms with Crippen LogP contribution in [-0.4, -0.2) is 25.1 Å². The van der Waals surface area contributed by atoms with Crippen molar-refractivity contribution < 1.29 is 14.3 Å². The molecule has 7 nitrogen and oxygen atoms in total. The fourth-order valence-electron chi connectivity index (χ4n) is 1.80. The molecule has 4 N–H and O–H groups in total. The number of hydrazine groups is 1. The first kappa shape index (κ1) is 14.6. The highest BCUT2D eigenvalue weighted by atomic mass is 16.5. The van der Waals surface area contributed by atoms with Crippen LogP contribution >= 0.6 is 0 Å². The molecule has 0 aliphatic carbocycles. The second-order valence-electron chi connectivity index (χ2n) is 4.09. The van der Waals surface area contributed by atoms with Crippen LogP contribution in [0, 0.1) is 0 Å². The van der Waals surface area contributed by atoms with Gasteiger partial charge in [0.2, 0.25) is 0 Å². The number of nitrogens with zero attached hydrogens (tertiary/aromatic N) is 1. The van der Waals surface area contributed by atoms with Gasteiger partial charge in [-0.25, -0.2) is 0 Å². The van der Waals surface area contributed by atoms with Gasteiger partial charge < -0.3 is 20.2 Å². The third-order valence-corrected chi connectivity index (χ3v) is 2.88. The van der Waals surface area contributed by atoms with Crippen LogP contribution in [0.3, 0.4) is 0 Å². The number of methoxy groups -OCH3 is 2. The molecule has 0 saturated carbocycles. The van der Waals surface area contributed by atoms with Crippen molar-refractivity contribution in [3.63, 3.8) is 0 Å². The highest BCUT2D eigenvalue weighted by Gasteiger charge is 2.14. The van der Waals surface area contributed by atoms with Gasteiger partial charge in [0.15, 0.2) is 0 Å². The molecule has 0 aliphatic rings. The summed E-state index contributed by atoms with van der Waals surface area (Å²) in [4.78, 5) is 16.2. The SMILES string of the molecule is COc1ccc(OC)c(NC(=O)c2cnccc2NN)c1. The maximum atomic E-state index is 12.3. The van der Waals surface area contributed by atoms with E-state index in [4.69, 9.17) is 15.3 Å². The summed E-state index contributed by atoms with van der Waals surface area (Å²) in [6, 6.07) is 6.73. The molecule has 1 amide bonds. The molecule has 110 valence electrons. The molecule has 0 radical (unpaired) electrons. The Morgan fingerprint density at radius 1 is 1.19 bits per heavy atom. The van der Waals surface area contributed by atoms with Gasteiger partial charge in [-0.1, -0.05) is 0 Å². The molecule has 0 bridgehead atoms. The Bertz CT molecular complexity index is 646. The first-order chi connectivity index (χ1) is 10.2. The number of rotatable bonds is 5. The smallest absolute Gasteiger partial charge is 0.259 e. The van der Waals surface area contributed by atoms with Crippen molar-refractivity contribution >= 4 is 17.3 Å². The molecule has 2 aromatic rings. The van der Waals surface area contributed by atoms with Crippen molar-refractivity contribution in [2.75, 3.05) is 25.0 Å². The number of pyridine rings is 1. The van der Waals surface area contributed by atoms with Crippen LogP contribution in [-0.2, 0) is 0 Å². The molecule has 1 aromatic heterocycles. The molecule has 0 spiro atoms. The largest absolute Gasteiger partial charge is 0.497 e. The molecule has 0 unspecified atom stereocenters. The van der Waals surface area contributed by atoms with Crippen molar-refractivity contribution in [1.82, 2.24) is 4.98 Å². The fourth-order valence-corrected chi connectivity index (χ4v) is 1.80. The van der Waals surface area contributed by atoms with E-state index < -0.39 is 0 Å². The number of nitrogens with one attached hydrogen (secondary N) is 2. The zero-order valence-corrected chi connectivity index (χ0v) is 11.7. The first-order valence-corrected chi connectivity index (χ1v) is 6.13. The van der Waals surface area contributed by atoms with Gasteiger partial charge in [-0.2, -0.15) is 0 Å². The molecule has 7 heteroatoms. The van der Waals surface area contributed by atoms with E-state index >= 15 is 0 Å². The Labute approximate surface area is 122 Å². The van der Waals surface area contributed by atoms with Gasteiger partial charge >= 0.3 is 0 Å². The van der Waals surface area contributed by atoms with E-state index in [0.29, 0.717) is 28.4 Å². The number of nitrogens with two attached hydrogens (primary N) is 1. The second-order valence-corrected chi connectivity index (χ2v) is 4.09. The van der Waals surface area contributed by atoms with Crippen molar-refractivity contribution in [2.45, 2.75) is 0 Å². The minimum atomic E-state index is -0.359. The monoisotopic (exact) mass is 288 g/mol. The van der Waals surface area contributed by atoms with Crippen LogP contribution in [0.15, 0.2) is 36.7 Å². The van der Waals surface area contributed by atoms with Crippen molar-refractivity contribution in [3.05, 3.63) is 42.2 Å². The summed E-state index contributed by atoms with van der Waals surface area (Å²) in [5.41, 5.74) is 3.75. The van der Waals surface area contributed by atoms with E-state index in [2.05, 4.69) is 15.7 Å².